The fraction of sp³-hybridized carbons (Fsp3) is 0.280. The first-order valence-electron chi connectivity index (χ1n) is 10.5. The van der Waals surface area contributed by atoms with Crippen molar-refractivity contribution >= 4 is 45.1 Å². The minimum atomic E-state index is -0.211. The summed E-state index contributed by atoms with van der Waals surface area (Å²) in [5.41, 5.74) is 3.46. The molecule has 1 aliphatic heterocycles. The van der Waals surface area contributed by atoms with Gasteiger partial charge in [0, 0.05) is 28.2 Å². The number of hydrogen-bond acceptors (Lipinski definition) is 6. The zero-order valence-corrected chi connectivity index (χ0v) is 20.4. The zero-order chi connectivity index (χ0) is 22.1. The van der Waals surface area contributed by atoms with Crippen molar-refractivity contribution in [2.75, 3.05) is 0 Å². The molecule has 0 saturated heterocycles. The Kier molecular flexibility index (Phi) is 6.25. The SMILES string of the molecule is CC1(C)Cc2c(sc3nc(SCc4ccccc4)nc(SCc4ccc(F)cc4)c23)CO1. The molecule has 0 aliphatic carbocycles. The van der Waals surface area contributed by atoms with Gasteiger partial charge < -0.3 is 4.74 Å². The van der Waals surface area contributed by atoms with E-state index in [0.29, 0.717) is 6.61 Å². The lowest BCUT2D eigenvalue weighted by Crippen LogP contribution is -2.31. The Bertz CT molecular complexity index is 1240. The van der Waals surface area contributed by atoms with Gasteiger partial charge in [-0.15, -0.1) is 23.1 Å². The van der Waals surface area contributed by atoms with Crippen molar-refractivity contribution in [2.45, 2.75) is 54.2 Å². The average Bonchev–Trinajstić information content (AvgIpc) is 3.14. The van der Waals surface area contributed by atoms with E-state index >= 15 is 0 Å². The number of thiophene rings is 1. The van der Waals surface area contributed by atoms with Crippen LogP contribution in [-0.2, 0) is 29.3 Å². The van der Waals surface area contributed by atoms with Gasteiger partial charge in [-0.05, 0) is 42.7 Å². The molecule has 164 valence electrons. The van der Waals surface area contributed by atoms with E-state index in [1.54, 1.807) is 34.9 Å². The quantitative estimate of drug-likeness (QED) is 0.164. The van der Waals surface area contributed by atoms with Gasteiger partial charge in [0.15, 0.2) is 5.16 Å². The largest absolute Gasteiger partial charge is 0.370 e. The summed E-state index contributed by atoms with van der Waals surface area (Å²) in [7, 11) is 0. The van der Waals surface area contributed by atoms with Crippen LogP contribution >= 0.6 is 34.9 Å². The summed E-state index contributed by atoms with van der Waals surface area (Å²) >= 11 is 5.09. The number of hydrogen-bond donors (Lipinski definition) is 0. The van der Waals surface area contributed by atoms with E-state index in [9.17, 15) is 4.39 Å². The first-order valence-corrected chi connectivity index (χ1v) is 13.3. The second kappa shape index (κ2) is 9.14. The molecule has 2 aromatic heterocycles. The third kappa shape index (κ3) is 4.86. The van der Waals surface area contributed by atoms with Crippen LogP contribution in [-0.4, -0.2) is 15.6 Å². The monoisotopic (exact) mass is 482 g/mol. The highest BCUT2D eigenvalue weighted by molar-refractivity contribution is 7.99. The zero-order valence-electron chi connectivity index (χ0n) is 17.9. The molecule has 0 bridgehead atoms. The van der Waals surface area contributed by atoms with Gasteiger partial charge in [0.05, 0.1) is 12.2 Å². The molecule has 0 unspecified atom stereocenters. The summed E-state index contributed by atoms with van der Waals surface area (Å²) in [6, 6.07) is 17.1. The molecule has 5 rings (SSSR count). The maximum Gasteiger partial charge on any atom is 0.190 e. The van der Waals surface area contributed by atoms with Crippen molar-refractivity contribution in [3.63, 3.8) is 0 Å². The van der Waals surface area contributed by atoms with Crippen molar-refractivity contribution < 1.29 is 9.13 Å². The summed E-state index contributed by atoms with van der Waals surface area (Å²) in [6.45, 7) is 4.89. The van der Waals surface area contributed by atoms with Crippen LogP contribution in [0.3, 0.4) is 0 Å². The molecule has 0 atom stereocenters. The van der Waals surface area contributed by atoms with E-state index in [-0.39, 0.29) is 11.4 Å². The fourth-order valence-electron chi connectivity index (χ4n) is 3.72. The molecule has 4 aromatic rings. The Hall–Kier alpha value is -1.93. The number of thioether (sulfide) groups is 2. The summed E-state index contributed by atoms with van der Waals surface area (Å²) in [6.07, 6.45) is 0.853. The maximum absolute atomic E-state index is 13.3. The Balaban J connectivity index is 1.49. The van der Waals surface area contributed by atoms with Crippen LogP contribution in [0.4, 0.5) is 4.39 Å². The second-order valence-electron chi connectivity index (χ2n) is 8.41. The van der Waals surface area contributed by atoms with E-state index in [1.807, 2.05) is 18.2 Å². The Morgan fingerprint density at radius 3 is 2.47 bits per heavy atom. The predicted octanol–water partition coefficient (Wildman–Crippen LogP) is 7.27. The standard InChI is InChI=1S/C25H23FN2OS3/c1-25(2)12-19-20(13-29-25)32-23-21(19)22(30-14-17-8-10-18(26)11-9-17)27-24(28-23)31-15-16-6-4-3-5-7-16/h3-11H,12-15H2,1-2H3. The van der Waals surface area contributed by atoms with Gasteiger partial charge in [0.2, 0.25) is 0 Å². The van der Waals surface area contributed by atoms with Crippen LogP contribution in [0.5, 0.6) is 0 Å². The lowest BCUT2D eigenvalue weighted by atomic mass is 9.95. The van der Waals surface area contributed by atoms with E-state index in [4.69, 9.17) is 14.7 Å². The Morgan fingerprint density at radius 2 is 1.69 bits per heavy atom. The van der Waals surface area contributed by atoms with Crippen LogP contribution in [0.1, 0.15) is 35.4 Å². The molecule has 2 aromatic carbocycles. The number of aromatic nitrogens is 2. The molecule has 0 amide bonds. The highest BCUT2D eigenvalue weighted by Gasteiger charge is 2.31. The molecule has 32 heavy (non-hydrogen) atoms. The summed E-state index contributed by atoms with van der Waals surface area (Å²) < 4.78 is 19.4. The third-order valence-electron chi connectivity index (χ3n) is 5.38. The van der Waals surface area contributed by atoms with Crippen LogP contribution in [0.2, 0.25) is 0 Å². The van der Waals surface area contributed by atoms with Gasteiger partial charge in [0.25, 0.3) is 0 Å². The molecule has 0 spiro atoms. The number of rotatable bonds is 6. The number of ether oxygens (including phenoxy) is 1. The minimum absolute atomic E-state index is 0.194. The van der Waals surface area contributed by atoms with Gasteiger partial charge >= 0.3 is 0 Å². The molecule has 3 heterocycles. The summed E-state index contributed by atoms with van der Waals surface area (Å²) in [4.78, 5) is 12.2. The van der Waals surface area contributed by atoms with Crippen molar-refractivity contribution in [1.82, 2.24) is 9.97 Å². The first-order chi connectivity index (χ1) is 15.5. The van der Waals surface area contributed by atoms with Crippen LogP contribution < -0.4 is 0 Å². The van der Waals surface area contributed by atoms with Gasteiger partial charge in [-0.2, -0.15) is 0 Å². The van der Waals surface area contributed by atoms with Crippen LogP contribution in [0.15, 0.2) is 64.8 Å². The molecule has 0 fully saturated rings. The summed E-state index contributed by atoms with van der Waals surface area (Å²) in [5, 5.41) is 2.96. The van der Waals surface area contributed by atoms with Gasteiger partial charge in [-0.25, -0.2) is 14.4 Å². The van der Waals surface area contributed by atoms with Crippen molar-refractivity contribution in [3.8, 4) is 0 Å². The minimum Gasteiger partial charge on any atom is -0.370 e. The summed E-state index contributed by atoms with van der Waals surface area (Å²) in [5.74, 6) is 1.35. The number of fused-ring (bicyclic) bond motifs is 3. The maximum atomic E-state index is 13.3. The van der Waals surface area contributed by atoms with E-state index in [1.165, 1.54) is 28.1 Å². The van der Waals surface area contributed by atoms with Crippen LogP contribution in [0.25, 0.3) is 10.2 Å². The van der Waals surface area contributed by atoms with Gasteiger partial charge in [0.1, 0.15) is 15.7 Å². The van der Waals surface area contributed by atoms with Crippen molar-refractivity contribution in [2.24, 2.45) is 0 Å². The second-order valence-corrected chi connectivity index (χ2v) is 11.4. The molecule has 7 heteroatoms. The average molecular weight is 483 g/mol. The molecule has 0 N–H and O–H groups in total. The number of halogens is 1. The van der Waals surface area contributed by atoms with E-state index < -0.39 is 0 Å². The molecule has 3 nitrogen and oxygen atoms in total. The van der Waals surface area contributed by atoms with E-state index in [0.717, 1.165) is 43.9 Å². The number of benzene rings is 2. The van der Waals surface area contributed by atoms with Crippen LogP contribution in [0, 0.1) is 5.82 Å². The lowest BCUT2D eigenvalue weighted by Gasteiger charge is -2.30. The topological polar surface area (TPSA) is 35.0 Å². The molecule has 0 radical (unpaired) electrons. The molecule has 0 saturated carbocycles. The van der Waals surface area contributed by atoms with Gasteiger partial charge in [-0.3, -0.25) is 0 Å². The highest BCUT2D eigenvalue weighted by atomic mass is 32.2. The predicted molar refractivity (Wildman–Crippen MR) is 132 cm³/mol. The Labute approximate surface area is 199 Å². The van der Waals surface area contributed by atoms with E-state index in [2.05, 4.69) is 38.1 Å². The van der Waals surface area contributed by atoms with Gasteiger partial charge in [-0.1, -0.05) is 54.2 Å². The van der Waals surface area contributed by atoms with Crippen molar-refractivity contribution in [3.05, 3.63) is 82.0 Å². The Morgan fingerprint density at radius 1 is 0.969 bits per heavy atom. The fourth-order valence-corrected chi connectivity index (χ4v) is 6.81. The molecular weight excluding hydrogens is 459 g/mol. The smallest absolute Gasteiger partial charge is 0.190 e. The third-order valence-corrected chi connectivity index (χ3v) is 8.44. The van der Waals surface area contributed by atoms with Crippen molar-refractivity contribution in [1.29, 1.82) is 0 Å². The molecule has 1 aliphatic rings. The molecular formula is C25H23FN2OS3. The lowest BCUT2D eigenvalue weighted by molar-refractivity contribution is -0.0379. The number of nitrogens with zero attached hydrogens (tertiary/aromatic N) is 2. The highest BCUT2D eigenvalue weighted by Crippen LogP contribution is 2.43. The first kappa shape index (κ1) is 21.9. The normalized spacial score (nSPS) is 15.1.